The molecule has 0 saturated heterocycles. The lowest BCUT2D eigenvalue weighted by Gasteiger charge is -2.15. The van der Waals surface area contributed by atoms with Crippen LogP contribution in [0.5, 0.6) is 5.75 Å². The highest BCUT2D eigenvalue weighted by Gasteiger charge is 2.06. The summed E-state index contributed by atoms with van der Waals surface area (Å²) >= 11 is 0. The molecule has 0 heterocycles. The molecule has 3 N–H and O–H groups in total. The number of aliphatic imine (C=N–C) groups is 1. The topological polar surface area (TPSA) is 74.8 Å². The highest BCUT2D eigenvalue weighted by molar-refractivity contribution is 14.0. The number of nitrogens with zero attached hydrogens (tertiary/aromatic N) is 1. The van der Waals surface area contributed by atoms with Crippen molar-refractivity contribution >= 4 is 35.8 Å². The number of halogens is 1. The number of benzene rings is 1. The molecule has 0 radical (unpaired) electrons. The number of amides is 1. The number of ether oxygens (including phenoxy) is 1. The van der Waals surface area contributed by atoms with E-state index in [1.165, 1.54) is 0 Å². The number of carbonyl (C=O) groups excluding carboxylic acids is 1. The summed E-state index contributed by atoms with van der Waals surface area (Å²) in [7, 11) is 1.71. The number of hydrogen-bond acceptors (Lipinski definition) is 3. The summed E-state index contributed by atoms with van der Waals surface area (Å²) in [4.78, 5) is 15.7. The number of carbonyl (C=O) groups is 1. The summed E-state index contributed by atoms with van der Waals surface area (Å²) in [5.74, 6) is 1.54. The van der Waals surface area contributed by atoms with Gasteiger partial charge in [-0.2, -0.15) is 0 Å². The minimum absolute atomic E-state index is 0. The van der Waals surface area contributed by atoms with Crippen molar-refractivity contribution < 1.29 is 9.53 Å². The Bertz CT molecular complexity index is 562. The Morgan fingerprint density at radius 3 is 2.56 bits per heavy atom. The number of hydrogen-bond donors (Lipinski definition) is 3. The van der Waals surface area contributed by atoms with Gasteiger partial charge >= 0.3 is 0 Å². The first kappa shape index (κ1) is 23.2. The Balaban J connectivity index is 0.00000576. The van der Waals surface area contributed by atoms with E-state index >= 15 is 0 Å². The number of guanidine groups is 1. The van der Waals surface area contributed by atoms with Crippen LogP contribution in [-0.2, 0) is 11.3 Å². The zero-order chi connectivity index (χ0) is 17.8. The first-order chi connectivity index (χ1) is 11.6. The second-order valence-electron chi connectivity index (χ2n) is 5.51. The van der Waals surface area contributed by atoms with Crippen molar-refractivity contribution in [2.45, 2.75) is 20.4 Å². The van der Waals surface area contributed by atoms with Gasteiger partial charge in [-0.25, -0.2) is 0 Å². The van der Waals surface area contributed by atoms with E-state index in [1.807, 2.05) is 38.1 Å². The largest absolute Gasteiger partial charge is 0.489 e. The minimum Gasteiger partial charge on any atom is -0.489 e. The lowest BCUT2D eigenvalue weighted by Crippen LogP contribution is -2.41. The Kier molecular flexibility index (Phi) is 12.6. The zero-order valence-corrected chi connectivity index (χ0v) is 17.5. The Morgan fingerprint density at radius 2 is 1.92 bits per heavy atom. The van der Waals surface area contributed by atoms with Crippen LogP contribution in [0.25, 0.3) is 0 Å². The molecule has 0 fully saturated rings. The number of para-hydroxylation sites is 1. The quantitative estimate of drug-likeness (QED) is 0.174. The standard InChI is InChI=1S/C18H28N4O2.HI/c1-5-12-24-16-9-7-6-8-15(16)13-22-18(19-4)21-11-10-20-17(23)14(2)3;/h5-9,14H,1,10-13H2,2-4H3,(H,20,23)(H2,19,21,22);1H. The molecule has 7 heteroatoms. The molecular weight excluding hydrogens is 431 g/mol. The molecule has 1 aromatic carbocycles. The molecule has 0 aliphatic heterocycles. The molecule has 0 spiro atoms. The summed E-state index contributed by atoms with van der Waals surface area (Å²) in [6.45, 7) is 9.62. The molecule has 1 amide bonds. The Morgan fingerprint density at radius 1 is 1.24 bits per heavy atom. The molecule has 0 aliphatic carbocycles. The van der Waals surface area contributed by atoms with Crippen LogP contribution < -0.4 is 20.7 Å². The summed E-state index contributed by atoms with van der Waals surface area (Å²) in [6.07, 6.45) is 1.72. The Hall–Kier alpha value is -1.77. The normalized spacial score (nSPS) is 10.6. The number of rotatable bonds is 9. The van der Waals surface area contributed by atoms with Gasteiger partial charge in [-0.15, -0.1) is 24.0 Å². The van der Waals surface area contributed by atoms with E-state index in [1.54, 1.807) is 13.1 Å². The van der Waals surface area contributed by atoms with E-state index in [2.05, 4.69) is 27.5 Å². The van der Waals surface area contributed by atoms with Gasteiger partial charge in [-0.05, 0) is 6.07 Å². The molecule has 0 atom stereocenters. The van der Waals surface area contributed by atoms with E-state index in [4.69, 9.17) is 4.74 Å². The third-order valence-corrected chi connectivity index (χ3v) is 3.24. The molecule has 25 heavy (non-hydrogen) atoms. The van der Waals surface area contributed by atoms with E-state index in [0.717, 1.165) is 11.3 Å². The van der Waals surface area contributed by atoms with Crippen molar-refractivity contribution in [3.05, 3.63) is 42.5 Å². The van der Waals surface area contributed by atoms with Crippen molar-refractivity contribution in [2.75, 3.05) is 26.7 Å². The van der Waals surface area contributed by atoms with E-state index < -0.39 is 0 Å². The molecule has 0 bridgehead atoms. The van der Waals surface area contributed by atoms with Crippen LogP contribution in [0, 0.1) is 5.92 Å². The molecule has 1 rings (SSSR count). The van der Waals surface area contributed by atoms with Crippen LogP contribution in [0.15, 0.2) is 41.9 Å². The van der Waals surface area contributed by atoms with Gasteiger partial charge < -0.3 is 20.7 Å². The predicted octanol–water partition coefficient (Wildman–Crippen LogP) is 2.31. The fourth-order valence-corrected chi connectivity index (χ4v) is 1.91. The average molecular weight is 460 g/mol. The maximum Gasteiger partial charge on any atom is 0.222 e. The number of nitrogens with one attached hydrogen (secondary N) is 3. The zero-order valence-electron chi connectivity index (χ0n) is 15.2. The van der Waals surface area contributed by atoms with Crippen LogP contribution in [0.1, 0.15) is 19.4 Å². The predicted molar refractivity (Wildman–Crippen MR) is 114 cm³/mol. The average Bonchev–Trinajstić information content (AvgIpc) is 2.59. The van der Waals surface area contributed by atoms with Crippen LogP contribution in [0.3, 0.4) is 0 Å². The fourth-order valence-electron chi connectivity index (χ4n) is 1.91. The molecule has 0 unspecified atom stereocenters. The summed E-state index contributed by atoms with van der Waals surface area (Å²) in [5.41, 5.74) is 1.04. The van der Waals surface area contributed by atoms with Crippen LogP contribution in [0.2, 0.25) is 0 Å². The molecule has 0 saturated carbocycles. The monoisotopic (exact) mass is 460 g/mol. The lowest BCUT2D eigenvalue weighted by atomic mass is 10.2. The maximum atomic E-state index is 11.5. The van der Waals surface area contributed by atoms with Gasteiger partial charge in [0.05, 0.1) is 0 Å². The minimum atomic E-state index is -0.00509. The smallest absolute Gasteiger partial charge is 0.222 e. The van der Waals surface area contributed by atoms with Gasteiger partial charge in [-0.1, -0.05) is 44.7 Å². The molecular formula is C18H29IN4O2. The summed E-state index contributed by atoms with van der Waals surface area (Å²) in [5, 5.41) is 9.25. The van der Waals surface area contributed by atoms with Gasteiger partial charge in [0, 0.05) is 38.2 Å². The van der Waals surface area contributed by atoms with E-state index in [9.17, 15) is 4.79 Å². The Labute approximate surface area is 167 Å². The first-order valence-corrected chi connectivity index (χ1v) is 8.12. The lowest BCUT2D eigenvalue weighted by molar-refractivity contribution is -0.123. The summed E-state index contributed by atoms with van der Waals surface area (Å²) < 4.78 is 5.63. The highest BCUT2D eigenvalue weighted by Crippen LogP contribution is 2.17. The first-order valence-electron chi connectivity index (χ1n) is 8.12. The van der Waals surface area contributed by atoms with Crippen molar-refractivity contribution in [3.8, 4) is 5.75 Å². The summed E-state index contributed by atoms with van der Waals surface area (Å²) in [6, 6.07) is 7.83. The molecule has 140 valence electrons. The van der Waals surface area contributed by atoms with Gasteiger partial charge in [0.25, 0.3) is 0 Å². The third-order valence-electron chi connectivity index (χ3n) is 3.24. The SMILES string of the molecule is C=CCOc1ccccc1CNC(=NC)NCCNC(=O)C(C)C.I. The van der Waals surface area contributed by atoms with Crippen LogP contribution in [-0.4, -0.2) is 38.6 Å². The third kappa shape index (κ3) is 9.33. The van der Waals surface area contributed by atoms with Crippen molar-refractivity contribution in [2.24, 2.45) is 10.9 Å². The van der Waals surface area contributed by atoms with Gasteiger partial charge in [0.2, 0.25) is 5.91 Å². The van der Waals surface area contributed by atoms with Crippen molar-refractivity contribution in [3.63, 3.8) is 0 Å². The van der Waals surface area contributed by atoms with Crippen LogP contribution >= 0.6 is 24.0 Å². The van der Waals surface area contributed by atoms with Gasteiger partial charge in [0.15, 0.2) is 5.96 Å². The maximum absolute atomic E-state index is 11.5. The van der Waals surface area contributed by atoms with E-state index in [0.29, 0.717) is 32.2 Å². The molecule has 6 nitrogen and oxygen atoms in total. The second kappa shape index (κ2) is 13.5. The van der Waals surface area contributed by atoms with Gasteiger partial charge in [0.1, 0.15) is 12.4 Å². The van der Waals surface area contributed by atoms with Crippen molar-refractivity contribution in [1.82, 2.24) is 16.0 Å². The highest BCUT2D eigenvalue weighted by atomic mass is 127. The molecule has 1 aromatic rings. The van der Waals surface area contributed by atoms with E-state index in [-0.39, 0.29) is 35.8 Å². The second-order valence-corrected chi connectivity index (χ2v) is 5.51. The van der Waals surface area contributed by atoms with Crippen molar-refractivity contribution in [1.29, 1.82) is 0 Å². The van der Waals surface area contributed by atoms with Gasteiger partial charge in [-0.3, -0.25) is 9.79 Å². The van der Waals surface area contributed by atoms with Crippen LogP contribution in [0.4, 0.5) is 0 Å². The fraction of sp³-hybridized carbons (Fsp3) is 0.444. The molecule has 0 aromatic heterocycles. The molecule has 0 aliphatic rings.